The first-order chi connectivity index (χ1) is 8.63. The topological polar surface area (TPSA) is 35.5 Å². The molecule has 0 radical (unpaired) electrons. The molecular weight excluding hydrogens is 248 g/mol. The molecule has 0 spiro atoms. The Morgan fingerprint density at radius 3 is 2.78 bits per heavy atom. The average molecular weight is 271 g/mol. The van der Waals surface area contributed by atoms with Crippen LogP contribution in [0.3, 0.4) is 0 Å². The second-order valence-electron chi connectivity index (χ2n) is 4.65. The van der Waals surface area contributed by atoms with Crippen LogP contribution in [0.15, 0.2) is 24.3 Å². The zero-order valence-corrected chi connectivity index (χ0v) is 12.0. The Hall–Kier alpha value is -0.610. The third kappa shape index (κ3) is 5.83. The minimum atomic E-state index is -0.343. The number of aliphatic hydroxyl groups is 1. The van der Waals surface area contributed by atoms with E-state index in [1.54, 1.807) is 0 Å². The molecular formula is C14H23ClN2O. The van der Waals surface area contributed by atoms with Crippen molar-refractivity contribution < 1.29 is 5.11 Å². The highest BCUT2D eigenvalue weighted by Crippen LogP contribution is 2.16. The average Bonchev–Trinajstić information content (AvgIpc) is 2.32. The lowest BCUT2D eigenvalue weighted by atomic mass is 10.2. The molecule has 0 fully saturated rings. The lowest BCUT2D eigenvalue weighted by molar-refractivity contribution is 0.121. The van der Waals surface area contributed by atoms with Crippen molar-refractivity contribution in [2.24, 2.45) is 0 Å². The van der Waals surface area contributed by atoms with E-state index in [4.69, 9.17) is 11.6 Å². The normalized spacial score (nSPS) is 12.9. The molecule has 1 aromatic rings. The summed E-state index contributed by atoms with van der Waals surface area (Å²) >= 11 is 6.11. The minimum Gasteiger partial charge on any atom is -0.390 e. The number of halogens is 1. The van der Waals surface area contributed by atoms with Crippen molar-refractivity contribution in [3.05, 3.63) is 34.9 Å². The summed E-state index contributed by atoms with van der Waals surface area (Å²) in [5.41, 5.74) is 1.09. The van der Waals surface area contributed by atoms with E-state index in [9.17, 15) is 5.11 Å². The largest absolute Gasteiger partial charge is 0.390 e. The SMILES string of the molecule is CCCNCC(O)CN(C)Cc1ccccc1Cl. The van der Waals surface area contributed by atoms with Crippen LogP contribution in [0.25, 0.3) is 0 Å². The van der Waals surface area contributed by atoms with Crippen LogP contribution in [0, 0.1) is 0 Å². The molecule has 0 aromatic heterocycles. The molecule has 0 amide bonds. The number of hydrogen-bond donors (Lipinski definition) is 2. The molecule has 1 atom stereocenters. The smallest absolute Gasteiger partial charge is 0.0791 e. The Labute approximate surface area is 115 Å². The minimum absolute atomic E-state index is 0.343. The fraction of sp³-hybridized carbons (Fsp3) is 0.571. The van der Waals surface area contributed by atoms with Gasteiger partial charge in [0.05, 0.1) is 6.10 Å². The van der Waals surface area contributed by atoms with E-state index < -0.39 is 0 Å². The molecule has 0 aliphatic heterocycles. The predicted molar refractivity (Wildman–Crippen MR) is 77.0 cm³/mol. The van der Waals surface area contributed by atoms with Gasteiger partial charge >= 0.3 is 0 Å². The van der Waals surface area contributed by atoms with Crippen molar-refractivity contribution in [1.29, 1.82) is 0 Å². The maximum absolute atomic E-state index is 9.86. The number of aliphatic hydroxyl groups excluding tert-OH is 1. The summed E-state index contributed by atoms with van der Waals surface area (Å²) in [6.45, 7) is 5.10. The van der Waals surface area contributed by atoms with Gasteiger partial charge in [0.1, 0.15) is 0 Å². The highest BCUT2D eigenvalue weighted by Gasteiger charge is 2.09. The maximum Gasteiger partial charge on any atom is 0.0791 e. The Morgan fingerprint density at radius 1 is 1.39 bits per heavy atom. The van der Waals surface area contributed by atoms with Crippen LogP contribution in [-0.2, 0) is 6.54 Å². The summed E-state index contributed by atoms with van der Waals surface area (Å²) < 4.78 is 0. The summed E-state index contributed by atoms with van der Waals surface area (Å²) in [6.07, 6.45) is 0.742. The summed E-state index contributed by atoms with van der Waals surface area (Å²) in [7, 11) is 1.99. The van der Waals surface area contributed by atoms with Gasteiger partial charge in [-0.15, -0.1) is 0 Å². The van der Waals surface area contributed by atoms with Gasteiger partial charge in [-0.25, -0.2) is 0 Å². The van der Waals surface area contributed by atoms with Gasteiger partial charge in [-0.2, -0.15) is 0 Å². The third-order valence-electron chi connectivity index (χ3n) is 2.73. The molecule has 3 nitrogen and oxygen atoms in total. The van der Waals surface area contributed by atoms with Crippen molar-refractivity contribution in [3.8, 4) is 0 Å². The first-order valence-electron chi connectivity index (χ1n) is 6.44. The van der Waals surface area contributed by atoms with E-state index in [2.05, 4.69) is 17.1 Å². The van der Waals surface area contributed by atoms with E-state index in [0.29, 0.717) is 13.1 Å². The van der Waals surface area contributed by atoms with Gasteiger partial charge in [0.2, 0.25) is 0 Å². The molecule has 1 aromatic carbocycles. The van der Waals surface area contributed by atoms with Crippen LogP contribution < -0.4 is 5.32 Å². The van der Waals surface area contributed by atoms with Gasteiger partial charge in [0.25, 0.3) is 0 Å². The highest BCUT2D eigenvalue weighted by molar-refractivity contribution is 6.31. The predicted octanol–water partition coefficient (Wildman–Crippen LogP) is 2.13. The summed E-state index contributed by atoms with van der Waals surface area (Å²) in [5.74, 6) is 0. The second kappa shape index (κ2) is 8.48. The number of nitrogens with zero attached hydrogens (tertiary/aromatic N) is 1. The van der Waals surface area contributed by atoms with Crippen molar-refractivity contribution in [2.75, 3.05) is 26.7 Å². The van der Waals surface area contributed by atoms with E-state index in [0.717, 1.165) is 30.1 Å². The number of benzene rings is 1. The highest BCUT2D eigenvalue weighted by atomic mass is 35.5. The van der Waals surface area contributed by atoms with Crippen LogP contribution in [0.1, 0.15) is 18.9 Å². The summed E-state index contributed by atoms with van der Waals surface area (Å²) in [4.78, 5) is 2.08. The third-order valence-corrected chi connectivity index (χ3v) is 3.10. The monoisotopic (exact) mass is 270 g/mol. The molecule has 2 N–H and O–H groups in total. The fourth-order valence-electron chi connectivity index (χ4n) is 1.85. The first-order valence-corrected chi connectivity index (χ1v) is 6.82. The molecule has 4 heteroatoms. The van der Waals surface area contributed by atoms with E-state index in [1.165, 1.54) is 0 Å². The van der Waals surface area contributed by atoms with E-state index in [1.807, 2.05) is 31.3 Å². The zero-order valence-electron chi connectivity index (χ0n) is 11.2. The Balaban J connectivity index is 2.33. The second-order valence-corrected chi connectivity index (χ2v) is 5.05. The van der Waals surface area contributed by atoms with Gasteiger partial charge in [0.15, 0.2) is 0 Å². The molecule has 0 saturated carbocycles. The molecule has 0 aliphatic carbocycles. The first kappa shape index (κ1) is 15.4. The van der Waals surface area contributed by atoms with Crippen LogP contribution in [0.4, 0.5) is 0 Å². The summed E-state index contributed by atoms with van der Waals surface area (Å²) in [6, 6.07) is 7.81. The van der Waals surface area contributed by atoms with Crippen LogP contribution in [-0.4, -0.2) is 42.8 Å². The zero-order chi connectivity index (χ0) is 13.4. The molecule has 1 rings (SSSR count). The maximum atomic E-state index is 9.86. The van der Waals surface area contributed by atoms with E-state index >= 15 is 0 Å². The van der Waals surface area contributed by atoms with E-state index in [-0.39, 0.29) is 6.10 Å². The lowest BCUT2D eigenvalue weighted by Gasteiger charge is -2.21. The quantitative estimate of drug-likeness (QED) is 0.711. The fourth-order valence-corrected chi connectivity index (χ4v) is 2.05. The van der Waals surface area contributed by atoms with Gasteiger partial charge in [0, 0.05) is 24.7 Å². The standard InChI is InChI=1S/C14H23ClN2O/c1-3-8-16-9-13(18)11-17(2)10-12-6-4-5-7-14(12)15/h4-7,13,16,18H,3,8-11H2,1-2H3. The van der Waals surface area contributed by atoms with Crippen molar-refractivity contribution in [2.45, 2.75) is 26.0 Å². The molecule has 0 aliphatic rings. The Kier molecular flexibility index (Phi) is 7.28. The number of hydrogen-bond acceptors (Lipinski definition) is 3. The Morgan fingerprint density at radius 2 is 2.11 bits per heavy atom. The van der Waals surface area contributed by atoms with Gasteiger partial charge in [-0.3, -0.25) is 4.90 Å². The summed E-state index contributed by atoms with van der Waals surface area (Å²) in [5, 5.41) is 13.8. The molecule has 1 unspecified atom stereocenters. The number of likely N-dealkylation sites (N-methyl/N-ethyl adjacent to an activating group) is 1. The molecule has 102 valence electrons. The van der Waals surface area contributed by atoms with Crippen LogP contribution >= 0.6 is 11.6 Å². The Bertz CT molecular complexity index is 346. The molecule has 18 heavy (non-hydrogen) atoms. The number of nitrogens with one attached hydrogen (secondary N) is 1. The van der Waals surface area contributed by atoms with Crippen LogP contribution in [0.2, 0.25) is 5.02 Å². The lowest BCUT2D eigenvalue weighted by Crippen LogP contribution is -2.36. The molecule has 0 heterocycles. The molecule has 0 saturated heterocycles. The molecule has 0 bridgehead atoms. The number of rotatable bonds is 8. The van der Waals surface area contributed by atoms with Gasteiger partial charge in [-0.05, 0) is 31.6 Å². The van der Waals surface area contributed by atoms with Crippen molar-refractivity contribution in [3.63, 3.8) is 0 Å². The van der Waals surface area contributed by atoms with Crippen molar-refractivity contribution >= 4 is 11.6 Å². The van der Waals surface area contributed by atoms with Gasteiger partial charge in [-0.1, -0.05) is 36.7 Å². The van der Waals surface area contributed by atoms with Crippen molar-refractivity contribution in [1.82, 2.24) is 10.2 Å². The van der Waals surface area contributed by atoms with Crippen LogP contribution in [0.5, 0.6) is 0 Å². The van der Waals surface area contributed by atoms with Gasteiger partial charge < -0.3 is 10.4 Å².